The third kappa shape index (κ3) is 3.91. The molecule has 2 aliphatic rings. The second-order valence-corrected chi connectivity index (χ2v) is 7.95. The van der Waals surface area contributed by atoms with Crippen LogP contribution in [0.2, 0.25) is 0 Å². The topological polar surface area (TPSA) is 87.7 Å². The van der Waals surface area contributed by atoms with Crippen molar-refractivity contribution in [2.45, 2.75) is 38.5 Å². The van der Waals surface area contributed by atoms with Crippen LogP contribution in [0.3, 0.4) is 0 Å². The van der Waals surface area contributed by atoms with Crippen molar-refractivity contribution >= 4 is 5.97 Å². The van der Waals surface area contributed by atoms with Crippen molar-refractivity contribution in [3.8, 4) is 5.75 Å². The fourth-order valence-electron chi connectivity index (χ4n) is 4.48. The lowest BCUT2D eigenvalue weighted by Gasteiger charge is -2.35. The molecule has 150 valence electrons. The molecule has 2 N–H and O–H groups in total. The van der Waals surface area contributed by atoms with Gasteiger partial charge in [-0.15, -0.1) is 0 Å². The highest BCUT2D eigenvalue weighted by Crippen LogP contribution is 2.38. The van der Waals surface area contributed by atoms with Gasteiger partial charge < -0.3 is 14.6 Å². The Morgan fingerprint density at radius 1 is 1.25 bits per heavy atom. The largest absolute Gasteiger partial charge is 0.488 e. The van der Waals surface area contributed by atoms with Crippen molar-refractivity contribution in [1.29, 1.82) is 0 Å². The Labute approximate surface area is 164 Å². The highest BCUT2D eigenvalue weighted by Gasteiger charge is 2.42. The maximum atomic E-state index is 11.5. The number of ether oxygens (including phenoxy) is 2. The summed E-state index contributed by atoms with van der Waals surface area (Å²) in [5.74, 6) is 1.32. The molecule has 2 heterocycles. The molecule has 0 amide bonds. The predicted molar refractivity (Wildman–Crippen MR) is 103 cm³/mol. The van der Waals surface area contributed by atoms with E-state index in [0.717, 1.165) is 38.2 Å². The summed E-state index contributed by atoms with van der Waals surface area (Å²) in [5, 5.41) is 17.7. The lowest BCUT2D eigenvalue weighted by Crippen LogP contribution is -2.42. The monoisotopic (exact) mass is 385 g/mol. The summed E-state index contributed by atoms with van der Waals surface area (Å²) in [6, 6.07) is 6.88. The van der Waals surface area contributed by atoms with Crippen molar-refractivity contribution in [2.75, 3.05) is 20.2 Å². The van der Waals surface area contributed by atoms with Gasteiger partial charge in [-0.1, -0.05) is 0 Å². The van der Waals surface area contributed by atoms with Gasteiger partial charge in [0.1, 0.15) is 11.9 Å². The lowest BCUT2D eigenvalue weighted by molar-refractivity contribution is -0.0231. The molecule has 1 aliphatic heterocycles. The van der Waals surface area contributed by atoms with Crippen LogP contribution in [0.5, 0.6) is 5.75 Å². The van der Waals surface area contributed by atoms with Crippen LogP contribution >= 0.6 is 0 Å². The number of methoxy groups -OCH3 is 1. The summed E-state index contributed by atoms with van der Waals surface area (Å²) in [6.45, 7) is 4.96. The van der Waals surface area contributed by atoms with E-state index < -0.39 is 6.10 Å². The lowest BCUT2D eigenvalue weighted by atomic mass is 9.78. The fourth-order valence-corrected chi connectivity index (χ4v) is 4.48. The molecule has 1 saturated carbocycles. The zero-order valence-corrected chi connectivity index (χ0v) is 16.3. The third-order valence-electron chi connectivity index (χ3n) is 6.05. The van der Waals surface area contributed by atoms with Crippen LogP contribution in [0.15, 0.2) is 30.5 Å². The number of fused-ring (bicyclic) bond motifs is 1. The van der Waals surface area contributed by atoms with Gasteiger partial charge >= 0.3 is 5.97 Å². The number of likely N-dealkylation sites (tertiary alicyclic amines) is 1. The number of aromatic nitrogens is 2. The van der Waals surface area contributed by atoms with E-state index in [1.165, 1.54) is 12.7 Å². The number of carbonyl (C=O) groups is 1. The minimum absolute atomic E-state index is 0.221. The van der Waals surface area contributed by atoms with Crippen LogP contribution in [-0.4, -0.2) is 58.6 Å². The van der Waals surface area contributed by atoms with E-state index in [1.54, 1.807) is 24.3 Å². The number of aliphatic hydroxyl groups excluding tert-OH is 1. The molecule has 28 heavy (non-hydrogen) atoms. The van der Waals surface area contributed by atoms with Gasteiger partial charge in [-0.2, -0.15) is 5.10 Å². The van der Waals surface area contributed by atoms with Crippen LogP contribution in [0.25, 0.3) is 0 Å². The number of H-pyrrole nitrogens is 1. The zero-order valence-electron chi connectivity index (χ0n) is 16.3. The summed E-state index contributed by atoms with van der Waals surface area (Å²) in [5.41, 5.74) is 2.84. The SMILES string of the molecule is COC(=O)c1ccc(O[C@H]2C[C@@H]3CN(Cc4cn[nH]c4C)C[C@@H]3C[C@@H]2O)cc1. The van der Waals surface area contributed by atoms with Gasteiger partial charge in [0.2, 0.25) is 0 Å². The summed E-state index contributed by atoms with van der Waals surface area (Å²) in [6.07, 6.45) is 2.80. The normalized spacial score (nSPS) is 27.4. The second-order valence-electron chi connectivity index (χ2n) is 7.95. The molecule has 0 unspecified atom stereocenters. The van der Waals surface area contributed by atoms with Gasteiger partial charge in [0.05, 0.1) is 25.0 Å². The fraction of sp³-hybridized carbons (Fsp3) is 0.524. The molecule has 1 aromatic carbocycles. The number of rotatable bonds is 5. The van der Waals surface area contributed by atoms with Gasteiger partial charge in [-0.05, 0) is 55.9 Å². The van der Waals surface area contributed by atoms with Crippen LogP contribution in [0, 0.1) is 18.8 Å². The Balaban J connectivity index is 1.36. The van der Waals surface area contributed by atoms with Gasteiger partial charge in [-0.25, -0.2) is 4.79 Å². The average molecular weight is 385 g/mol. The molecule has 4 rings (SSSR count). The van der Waals surface area contributed by atoms with Crippen molar-refractivity contribution in [3.63, 3.8) is 0 Å². The summed E-state index contributed by atoms with van der Waals surface area (Å²) >= 11 is 0. The van der Waals surface area contributed by atoms with Crippen molar-refractivity contribution in [2.24, 2.45) is 11.8 Å². The molecule has 0 radical (unpaired) electrons. The minimum atomic E-state index is -0.475. The molecule has 1 aliphatic carbocycles. The molecule has 2 fully saturated rings. The van der Waals surface area contributed by atoms with E-state index in [2.05, 4.69) is 15.1 Å². The Bertz CT molecular complexity index is 819. The quantitative estimate of drug-likeness (QED) is 0.767. The van der Waals surface area contributed by atoms with Crippen molar-refractivity contribution < 1.29 is 19.4 Å². The van der Waals surface area contributed by atoms with E-state index in [4.69, 9.17) is 9.47 Å². The molecule has 7 nitrogen and oxygen atoms in total. The van der Waals surface area contributed by atoms with E-state index in [9.17, 15) is 9.90 Å². The Morgan fingerprint density at radius 3 is 2.61 bits per heavy atom. The third-order valence-corrected chi connectivity index (χ3v) is 6.05. The Kier molecular flexibility index (Phi) is 5.37. The summed E-state index contributed by atoms with van der Waals surface area (Å²) in [7, 11) is 1.36. The van der Waals surface area contributed by atoms with Crippen LogP contribution < -0.4 is 4.74 Å². The predicted octanol–water partition coefficient (Wildman–Crippen LogP) is 2.16. The first-order chi connectivity index (χ1) is 13.5. The summed E-state index contributed by atoms with van der Waals surface area (Å²) < 4.78 is 10.8. The molecule has 1 saturated heterocycles. The van der Waals surface area contributed by atoms with Gasteiger partial charge in [0.15, 0.2) is 0 Å². The number of carbonyl (C=O) groups excluding carboxylic acids is 1. The van der Waals surface area contributed by atoms with Crippen LogP contribution in [-0.2, 0) is 11.3 Å². The van der Waals surface area contributed by atoms with E-state index in [0.29, 0.717) is 23.1 Å². The van der Waals surface area contributed by atoms with Gasteiger partial charge in [-0.3, -0.25) is 10.00 Å². The molecule has 0 bridgehead atoms. The Hall–Kier alpha value is -2.38. The minimum Gasteiger partial charge on any atom is -0.488 e. The molecular formula is C21H27N3O4. The smallest absolute Gasteiger partial charge is 0.337 e. The molecule has 1 aromatic heterocycles. The van der Waals surface area contributed by atoms with Crippen molar-refractivity contribution in [3.05, 3.63) is 47.3 Å². The molecule has 7 heteroatoms. The average Bonchev–Trinajstić information content (AvgIpc) is 3.27. The number of aryl methyl sites for hydroxylation is 1. The number of aliphatic hydroxyl groups is 1. The van der Waals surface area contributed by atoms with E-state index in [-0.39, 0.29) is 12.1 Å². The van der Waals surface area contributed by atoms with Crippen LogP contribution in [0.4, 0.5) is 0 Å². The van der Waals surface area contributed by atoms with Gasteiger partial charge in [0.25, 0.3) is 0 Å². The molecular weight excluding hydrogens is 358 g/mol. The molecule has 0 spiro atoms. The Morgan fingerprint density at radius 2 is 1.96 bits per heavy atom. The van der Waals surface area contributed by atoms with E-state index in [1.807, 2.05) is 13.1 Å². The number of hydrogen-bond acceptors (Lipinski definition) is 6. The number of nitrogens with one attached hydrogen (secondary N) is 1. The first-order valence-electron chi connectivity index (χ1n) is 9.77. The second kappa shape index (κ2) is 7.93. The number of benzene rings is 1. The van der Waals surface area contributed by atoms with Gasteiger partial charge in [0, 0.05) is 30.9 Å². The number of aromatic amines is 1. The molecule has 2 aromatic rings. The highest BCUT2D eigenvalue weighted by atomic mass is 16.5. The van der Waals surface area contributed by atoms with Crippen molar-refractivity contribution in [1.82, 2.24) is 15.1 Å². The summed E-state index contributed by atoms with van der Waals surface area (Å²) in [4.78, 5) is 14.0. The zero-order chi connectivity index (χ0) is 19.7. The van der Waals surface area contributed by atoms with E-state index >= 15 is 0 Å². The number of esters is 1. The highest BCUT2D eigenvalue weighted by molar-refractivity contribution is 5.89. The maximum absolute atomic E-state index is 11.5. The molecule has 4 atom stereocenters. The first-order valence-corrected chi connectivity index (χ1v) is 9.77. The first kappa shape index (κ1) is 19.0. The number of hydrogen-bond donors (Lipinski definition) is 2. The maximum Gasteiger partial charge on any atom is 0.337 e. The van der Waals surface area contributed by atoms with Crippen LogP contribution in [0.1, 0.15) is 34.5 Å². The standard InChI is InChI=1S/C21H27N3O4/c1-13-17(9-22-23-13)12-24-10-15-7-19(25)20(8-16(15)11-24)28-18-5-3-14(4-6-18)21(26)27-2/h3-6,9,15-16,19-20,25H,7-8,10-12H2,1-2H3,(H,22,23)/t15-,16+,19-,20-/m0/s1. The number of nitrogens with zero attached hydrogens (tertiary/aromatic N) is 2.